The van der Waals surface area contributed by atoms with E-state index >= 15 is 0 Å². The van der Waals surface area contributed by atoms with Gasteiger partial charge in [-0.2, -0.15) is 0 Å². The van der Waals surface area contributed by atoms with Gasteiger partial charge in [-0.25, -0.2) is 0 Å². The first-order valence-corrected chi connectivity index (χ1v) is 9.14. The first-order valence-electron chi connectivity index (χ1n) is 9.14. The predicted octanol–water partition coefficient (Wildman–Crippen LogP) is 4.40. The van der Waals surface area contributed by atoms with Crippen LogP contribution in [0.1, 0.15) is 25.3 Å². The Balaban J connectivity index is 2.06. The smallest absolute Gasteiger partial charge is 0.297 e. The minimum Gasteiger partial charge on any atom is -0.492 e. The molecule has 1 heterocycles. The third-order valence-electron chi connectivity index (χ3n) is 4.54. The van der Waals surface area contributed by atoms with Crippen LogP contribution in [-0.2, 0) is 13.2 Å². The van der Waals surface area contributed by atoms with Crippen molar-refractivity contribution in [1.29, 1.82) is 0 Å². The highest BCUT2D eigenvalue weighted by molar-refractivity contribution is 5.89. The van der Waals surface area contributed by atoms with Crippen LogP contribution in [0.5, 0.6) is 17.2 Å². The second kappa shape index (κ2) is 8.62. The number of rotatable bonds is 8. The van der Waals surface area contributed by atoms with E-state index in [1.165, 1.54) is 7.11 Å². The molecule has 0 aliphatic carbocycles. The van der Waals surface area contributed by atoms with Gasteiger partial charge in [0.2, 0.25) is 5.75 Å². The Morgan fingerprint density at radius 3 is 2.37 bits per heavy atom. The van der Waals surface area contributed by atoms with Crippen molar-refractivity contribution in [2.75, 3.05) is 14.2 Å². The van der Waals surface area contributed by atoms with Crippen LogP contribution < -0.4 is 19.8 Å². The van der Waals surface area contributed by atoms with Crippen molar-refractivity contribution in [2.45, 2.75) is 32.9 Å². The fourth-order valence-electron chi connectivity index (χ4n) is 3.13. The zero-order valence-corrected chi connectivity index (χ0v) is 16.0. The lowest BCUT2D eigenvalue weighted by Crippen LogP contribution is -2.23. The molecule has 0 saturated heterocycles. The molecule has 0 saturated carbocycles. The molecule has 0 atom stereocenters. The SMILES string of the molecule is CCCCn1c(=O)c(OC)c(OC)c2ccc(OCc3ccccc3)cc21. The zero-order chi connectivity index (χ0) is 19.2. The minimum atomic E-state index is -0.185. The van der Waals surface area contributed by atoms with Crippen molar-refractivity contribution >= 4 is 10.9 Å². The van der Waals surface area contributed by atoms with Crippen molar-refractivity contribution in [3.8, 4) is 17.2 Å². The number of aromatic nitrogens is 1. The van der Waals surface area contributed by atoms with E-state index in [2.05, 4.69) is 6.92 Å². The molecule has 0 amide bonds. The predicted molar refractivity (Wildman–Crippen MR) is 107 cm³/mol. The van der Waals surface area contributed by atoms with Crippen LogP contribution in [0.3, 0.4) is 0 Å². The quantitative estimate of drug-likeness (QED) is 0.592. The standard InChI is InChI=1S/C22H25NO4/c1-4-5-13-23-19-14-17(27-15-16-9-7-6-8-10-16)11-12-18(19)20(25-2)21(26-3)22(23)24/h6-12,14H,4-5,13,15H2,1-3H3. The second-order valence-corrected chi connectivity index (χ2v) is 6.33. The summed E-state index contributed by atoms with van der Waals surface area (Å²) in [5.41, 5.74) is 1.69. The molecular weight excluding hydrogens is 342 g/mol. The first-order chi connectivity index (χ1) is 13.2. The van der Waals surface area contributed by atoms with E-state index in [-0.39, 0.29) is 11.3 Å². The number of nitrogens with zero attached hydrogens (tertiary/aromatic N) is 1. The molecule has 0 unspecified atom stereocenters. The number of ether oxygens (including phenoxy) is 3. The maximum atomic E-state index is 12.9. The number of benzene rings is 2. The van der Waals surface area contributed by atoms with Crippen LogP contribution in [0.2, 0.25) is 0 Å². The summed E-state index contributed by atoms with van der Waals surface area (Å²) < 4.78 is 18.5. The van der Waals surface area contributed by atoms with Crippen molar-refractivity contribution in [1.82, 2.24) is 4.57 Å². The van der Waals surface area contributed by atoms with Gasteiger partial charge < -0.3 is 18.8 Å². The summed E-state index contributed by atoms with van der Waals surface area (Å²) >= 11 is 0. The fourth-order valence-corrected chi connectivity index (χ4v) is 3.13. The van der Waals surface area contributed by atoms with Crippen molar-refractivity contribution in [3.05, 3.63) is 64.4 Å². The number of pyridine rings is 1. The highest BCUT2D eigenvalue weighted by Gasteiger charge is 2.18. The van der Waals surface area contributed by atoms with Crippen LogP contribution in [0.15, 0.2) is 53.3 Å². The summed E-state index contributed by atoms with van der Waals surface area (Å²) in [4.78, 5) is 12.9. The Kier molecular flexibility index (Phi) is 6.01. The maximum absolute atomic E-state index is 12.9. The Hall–Kier alpha value is -2.95. The van der Waals surface area contributed by atoms with Gasteiger partial charge >= 0.3 is 0 Å². The molecule has 1 aromatic heterocycles. The highest BCUT2D eigenvalue weighted by atomic mass is 16.5. The van der Waals surface area contributed by atoms with Gasteiger partial charge in [0.15, 0.2) is 5.75 Å². The van der Waals surface area contributed by atoms with Gasteiger partial charge in [-0.1, -0.05) is 43.7 Å². The molecule has 0 aliphatic rings. The molecular formula is C22H25NO4. The van der Waals surface area contributed by atoms with Crippen LogP contribution in [0, 0.1) is 0 Å². The Morgan fingerprint density at radius 2 is 1.70 bits per heavy atom. The lowest BCUT2D eigenvalue weighted by atomic mass is 10.1. The molecule has 27 heavy (non-hydrogen) atoms. The van der Waals surface area contributed by atoms with Gasteiger partial charge in [-0.3, -0.25) is 4.79 Å². The van der Waals surface area contributed by atoms with Gasteiger partial charge in [0.1, 0.15) is 12.4 Å². The van der Waals surface area contributed by atoms with Crippen LogP contribution >= 0.6 is 0 Å². The van der Waals surface area contributed by atoms with E-state index in [1.807, 2.05) is 48.5 Å². The van der Waals surface area contributed by atoms with Gasteiger partial charge in [0.25, 0.3) is 5.56 Å². The van der Waals surface area contributed by atoms with E-state index in [0.29, 0.717) is 24.7 Å². The summed E-state index contributed by atoms with van der Waals surface area (Å²) in [5.74, 6) is 1.40. The summed E-state index contributed by atoms with van der Waals surface area (Å²) in [7, 11) is 3.04. The molecule has 2 aromatic carbocycles. The molecule has 0 bridgehead atoms. The minimum absolute atomic E-state index is 0.185. The molecule has 0 N–H and O–H groups in total. The molecule has 0 fully saturated rings. The monoisotopic (exact) mass is 367 g/mol. The Bertz CT molecular complexity index is 963. The molecule has 5 heteroatoms. The van der Waals surface area contributed by atoms with E-state index in [1.54, 1.807) is 11.7 Å². The highest BCUT2D eigenvalue weighted by Crippen LogP contribution is 2.34. The topological polar surface area (TPSA) is 49.7 Å². The van der Waals surface area contributed by atoms with Gasteiger partial charge in [-0.15, -0.1) is 0 Å². The molecule has 3 aromatic rings. The number of methoxy groups -OCH3 is 2. The lowest BCUT2D eigenvalue weighted by Gasteiger charge is -2.17. The van der Waals surface area contributed by atoms with Gasteiger partial charge in [0, 0.05) is 18.0 Å². The Morgan fingerprint density at radius 1 is 0.963 bits per heavy atom. The van der Waals surface area contributed by atoms with Gasteiger partial charge in [-0.05, 0) is 24.1 Å². The molecule has 0 aliphatic heterocycles. The lowest BCUT2D eigenvalue weighted by molar-refractivity contribution is 0.306. The van der Waals surface area contributed by atoms with Crippen molar-refractivity contribution in [2.24, 2.45) is 0 Å². The number of hydrogen-bond donors (Lipinski definition) is 0. The number of aryl methyl sites for hydroxylation is 1. The maximum Gasteiger partial charge on any atom is 0.297 e. The summed E-state index contributed by atoms with van der Waals surface area (Å²) in [6.45, 7) is 3.19. The summed E-state index contributed by atoms with van der Waals surface area (Å²) in [5, 5.41) is 0.831. The third kappa shape index (κ3) is 3.92. The molecule has 142 valence electrons. The van der Waals surface area contributed by atoms with Gasteiger partial charge in [0.05, 0.1) is 19.7 Å². The second-order valence-electron chi connectivity index (χ2n) is 6.33. The zero-order valence-electron chi connectivity index (χ0n) is 16.0. The number of hydrogen-bond acceptors (Lipinski definition) is 4. The average Bonchev–Trinajstić information content (AvgIpc) is 2.71. The molecule has 5 nitrogen and oxygen atoms in total. The molecule has 0 radical (unpaired) electrons. The van der Waals surface area contributed by atoms with Crippen molar-refractivity contribution < 1.29 is 14.2 Å². The third-order valence-corrected chi connectivity index (χ3v) is 4.54. The van der Waals surface area contributed by atoms with E-state index in [4.69, 9.17) is 14.2 Å². The summed E-state index contributed by atoms with van der Waals surface area (Å²) in [6, 6.07) is 15.7. The average molecular weight is 367 g/mol. The van der Waals surface area contributed by atoms with Crippen molar-refractivity contribution in [3.63, 3.8) is 0 Å². The summed E-state index contributed by atoms with van der Waals surface area (Å²) in [6.07, 6.45) is 1.89. The van der Waals surface area contributed by atoms with E-state index in [9.17, 15) is 4.79 Å². The van der Waals surface area contributed by atoms with Crippen LogP contribution in [0.4, 0.5) is 0 Å². The van der Waals surface area contributed by atoms with E-state index < -0.39 is 0 Å². The molecule has 0 spiro atoms. The van der Waals surface area contributed by atoms with Crippen LogP contribution in [0.25, 0.3) is 10.9 Å². The normalized spacial score (nSPS) is 10.8. The van der Waals surface area contributed by atoms with Crippen LogP contribution in [-0.4, -0.2) is 18.8 Å². The first kappa shape index (κ1) is 18.8. The fraction of sp³-hybridized carbons (Fsp3) is 0.318. The number of unbranched alkanes of at least 4 members (excludes halogenated alkanes) is 1. The van der Waals surface area contributed by atoms with E-state index in [0.717, 1.165) is 29.3 Å². The molecule has 3 rings (SSSR count). The largest absolute Gasteiger partial charge is 0.492 e. The number of fused-ring (bicyclic) bond motifs is 1. The Labute approximate surface area is 159 Å².